The van der Waals surface area contributed by atoms with Gasteiger partial charge >= 0.3 is 0 Å². The molecule has 0 aliphatic heterocycles. The van der Waals surface area contributed by atoms with Crippen LogP contribution in [0.25, 0.3) is 0 Å². The van der Waals surface area contributed by atoms with E-state index in [-0.39, 0.29) is 36.0 Å². The molecule has 0 amide bonds. The molecular weight excluding hydrogens is 284 g/mol. The summed E-state index contributed by atoms with van der Waals surface area (Å²) in [6, 6.07) is 3.59. The molecule has 1 rings (SSSR count). The third-order valence-electron chi connectivity index (χ3n) is 2.76. The standard InChI is InChI=1S/C12H18N2O5S/c1-4-13(5-2)20(17,18)12-9-10(14(15)16)7-8-11(12)19-6-3/h7-9H,4-6H2,1-3H3. The lowest BCUT2D eigenvalue weighted by molar-refractivity contribution is -0.385. The van der Waals surface area contributed by atoms with Crippen LogP contribution in [-0.4, -0.2) is 37.3 Å². The van der Waals surface area contributed by atoms with E-state index in [0.29, 0.717) is 0 Å². The summed E-state index contributed by atoms with van der Waals surface area (Å²) in [6.45, 7) is 5.98. The minimum Gasteiger partial charge on any atom is -0.492 e. The van der Waals surface area contributed by atoms with E-state index in [0.717, 1.165) is 6.07 Å². The molecule has 112 valence electrons. The van der Waals surface area contributed by atoms with E-state index in [1.165, 1.54) is 16.4 Å². The maximum absolute atomic E-state index is 12.5. The van der Waals surface area contributed by atoms with E-state index in [9.17, 15) is 18.5 Å². The highest BCUT2D eigenvalue weighted by Crippen LogP contribution is 2.30. The zero-order valence-electron chi connectivity index (χ0n) is 11.7. The monoisotopic (exact) mass is 302 g/mol. The summed E-state index contributed by atoms with van der Waals surface area (Å²) < 4.78 is 31.5. The number of nitrogens with zero attached hydrogens (tertiary/aromatic N) is 2. The molecule has 0 aliphatic rings. The number of ether oxygens (including phenoxy) is 1. The molecule has 1 aromatic rings. The number of hydrogen-bond donors (Lipinski definition) is 0. The fraction of sp³-hybridized carbons (Fsp3) is 0.500. The Morgan fingerprint density at radius 2 is 1.85 bits per heavy atom. The van der Waals surface area contributed by atoms with E-state index in [1.54, 1.807) is 20.8 Å². The van der Waals surface area contributed by atoms with Crippen molar-refractivity contribution in [1.82, 2.24) is 4.31 Å². The van der Waals surface area contributed by atoms with Gasteiger partial charge in [-0.25, -0.2) is 8.42 Å². The third-order valence-corrected chi connectivity index (χ3v) is 4.83. The molecule has 0 spiro atoms. The molecule has 7 nitrogen and oxygen atoms in total. The Balaban J connectivity index is 3.46. The van der Waals surface area contributed by atoms with Gasteiger partial charge in [0, 0.05) is 25.2 Å². The van der Waals surface area contributed by atoms with Crippen molar-refractivity contribution in [2.24, 2.45) is 0 Å². The van der Waals surface area contributed by atoms with Crippen LogP contribution in [0.3, 0.4) is 0 Å². The zero-order chi connectivity index (χ0) is 15.3. The Morgan fingerprint density at radius 3 is 2.30 bits per heavy atom. The van der Waals surface area contributed by atoms with Gasteiger partial charge in [-0.3, -0.25) is 10.1 Å². The average molecular weight is 302 g/mol. The molecule has 0 saturated heterocycles. The number of nitro groups is 1. The summed E-state index contributed by atoms with van der Waals surface area (Å²) in [5, 5.41) is 10.8. The number of sulfonamides is 1. The molecule has 1 aromatic carbocycles. The van der Waals surface area contributed by atoms with Crippen LogP contribution in [0.5, 0.6) is 5.75 Å². The Kier molecular flexibility index (Phi) is 5.46. The molecule has 0 fully saturated rings. The number of rotatable bonds is 7. The maximum Gasteiger partial charge on any atom is 0.271 e. The molecule has 0 N–H and O–H groups in total. The lowest BCUT2D eigenvalue weighted by atomic mass is 10.3. The van der Waals surface area contributed by atoms with E-state index >= 15 is 0 Å². The van der Waals surface area contributed by atoms with Crippen LogP contribution in [0.1, 0.15) is 20.8 Å². The van der Waals surface area contributed by atoms with Crippen LogP contribution < -0.4 is 4.74 Å². The molecule has 0 saturated carbocycles. The first-order chi connectivity index (χ1) is 9.38. The normalized spacial score (nSPS) is 11.6. The minimum absolute atomic E-state index is 0.130. The number of nitro benzene ring substituents is 1. The van der Waals surface area contributed by atoms with E-state index < -0.39 is 14.9 Å². The topological polar surface area (TPSA) is 89.7 Å². The smallest absolute Gasteiger partial charge is 0.271 e. The van der Waals surface area contributed by atoms with Crippen LogP contribution in [0.4, 0.5) is 5.69 Å². The Hall–Kier alpha value is -1.67. The molecule has 20 heavy (non-hydrogen) atoms. The predicted octanol–water partition coefficient (Wildman–Crippen LogP) is 2.02. The first-order valence-corrected chi connectivity index (χ1v) is 7.73. The molecule has 8 heteroatoms. The van der Waals surface area contributed by atoms with Gasteiger partial charge in [0.25, 0.3) is 5.69 Å². The van der Waals surface area contributed by atoms with Crippen LogP contribution in [-0.2, 0) is 10.0 Å². The lowest BCUT2D eigenvalue weighted by Gasteiger charge is -2.20. The van der Waals surface area contributed by atoms with Gasteiger partial charge < -0.3 is 4.74 Å². The molecule has 0 radical (unpaired) electrons. The van der Waals surface area contributed by atoms with Crippen molar-refractivity contribution in [3.63, 3.8) is 0 Å². The molecule has 0 heterocycles. The first-order valence-electron chi connectivity index (χ1n) is 6.29. The van der Waals surface area contributed by atoms with Gasteiger partial charge in [0.1, 0.15) is 10.6 Å². The molecule has 0 unspecified atom stereocenters. The first kappa shape index (κ1) is 16.4. The second-order valence-electron chi connectivity index (χ2n) is 3.91. The number of hydrogen-bond acceptors (Lipinski definition) is 5. The van der Waals surface area contributed by atoms with Crippen molar-refractivity contribution < 1.29 is 18.1 Å². The summed E-state index contributed by atoms with van der Waals surface area (Å²) in [5.74, 6) is 0.130. The highest BCUT2D eigenvalue weighted by molar-refractivity contribution is 7.89. The zero-order valence-corrected chi connectivity index (χ0v) is 12.5. The highest BCUT2D eigenvalue weighted by Gasteiger charge is 2.27. The summed E-state index contributed by atoms with van der Waals surface area (Å²) in [7, 11) is -3.81. The van der Waals surface area contributed by atoms with Gasteiger partial charge in [-0.1, -0.05) is 13.8 Å². The summed E-state index contributed by atoms with van der Waals surface area (Å²) in [5.41, 5.74) is -0.279. The van der Waals surface area contributed by atoms with Gasteiger partial charge in [-0.15, -0.1) is 0 Å². The maximum atomic E-state index is 12.5. The van der Waals surface area contributed by atoms with Crippen molar-refractivity contribution in [2.45, 2.75) is 25.7 Å². The number of non-ortho nitro benzene ring substituents is 1. The largest absolute Gasteiger partial charge is 0.492 e. The van der Waals surface area contributed by atoms with Crippen LogP contribution in [0, 0.1) is 10.1 Å². The summed E-state index contributed by atoms with van der Waals surface area (Å²) in [6.07, 6.45) is 0. The van der Waals surface area contributed by atoms with Crippen molar-refractivity contribution >= 4 is 15.7 Å². The second-order valence-corrected chi connectivity index (χ2v) is 5.82. The fourth-order valence-electron chi connectivity index (χ4n) is 1.79. The molecular formula is C12H18N2O5S. The van der Waals surface area contributed by atoms with Gasteiger partial charge in [-0.2, -0.15) is 4.31 Å². The van der Waals surface area contributed by atoms with Crippen molar-refractivity contribution in [3.05, 3.63) is 28.3 Å². The van der Waals surface area contributed by atoms with Gasteiger partial charge in [0.05, 0.1) is 11.5 Å². The van der Waals surface area contributed by atoms with Crippen LogP contribution >= 0.6 is 0 Å². The summed E-state index contributed by atoms with van der Waals surface area (Å²) >= 11 is 0. The van der Waals surface area contributed by atoms with Crippen LogP contribution in [0.15, 0.2) is 23.1 Å². The molecule has 0 aromatic heterocycles. The second kappa shape index (κ2) is 6.67. The van der Waals surface area contributed by atoms with E-state index in [2.05, 4.69) is 0 Å². The Morgan fingerprint density at radius 1 is 1.25 bits per heavy atom. The van der Waals surface area contributed by atoms with Gasteiger partial charge in [0.2, 0.25) is 10.0 Å². The predicted molar refractivity (Wildman–Crippen MR) is 74.4 cm³/mol. The fourth-order valence-corrected chi connectivity index (χ4v) is 3.40. The molecule has 0 aliphatic carbocycles. The molecule has 0 atom stereocenters. The number of benzene rings is 1. The average Bonchev–Trinajstić information content (AvgIpc) is 2.40. The Labute approximate surface area is 118 Å². The molecule has 0 bridgehead atoms. The van der Waals surface area contributed by atoms with E-state index in [1.807, 2.05) is 0 Å². The van der Waals surface area contributed by atoms with E-state index in [4.69, 9.17) is 4.74 Å². The van der Waals surface area contributed by atoms with Gasteiger partial charge in [0.15, 0.2) is 0 Å². The SMILES string of the molecule is CCOc1ccc([N+](=O)[O-])cc1S(=O)(=O)N(CC)CC. The van der Waals surface area contributed by atoms with Crippen molar-refractivity contribution in [2.75, 3.05) is 19.7 Å². The highest BCUT2D eigenvalue weighted by atomic mass is 32.2. The lowest BCUT2D eigenvalue weighted by Crippen LogP contribution is -2.31. The minimum atomic E-state index is -3.81. The van der Waals surface area contributed by atoms with Gasteiger partial charge in [-0.05, 0) is 13.0 Å². The summed E-state index contributed by atoms with van der Waals surface area (Å²) in [4.78, 5) is 10.0. The van der Waals surface area contributed by atoms with Crippen molar-refractivity contribution in [3.8, 4) is 5.75 Å². The van der Waals surface area contributed by atoms with Crippen molar-refractivity contribution in [1.29, 1.82) is 0 Å². The Bertz CT molecular complexity index is 582. The van der Waals surface area contributed by atoms with Crippen LogP contribution in [0.2, 0.25) is 0 Å². The third kappa shape index (κ3) is 3.26. The quantitative estimate of drug-likeness (QED) is 0.568.